The normalized spacial score (nSPS) is 12.4. The second-order valence-corrected chi connectivity index (χ2v) is 13.6. The van der Waals surface area contributed by atoms with Crippen molar-refractivity contribution in [3.05, 3.63) is 130 Å². The third-order valence-corrected chi connectivity index (χ3v) is 9.66. The predicted octanol–water partition coefficient (Wildman–Crippen LogP) is 7.37. The number of nitrogens with one attached hydrogen (secondary N) is 1. The Hall–Kier alpha value is -4.06. The van der Waals surface area contributed by atoms with Crippen molar-refractivity contribution < 1.29 is 31.2 Å². The van der Waals surface area contributed by atoms with E-state index in [9.17, 15) is 31.2 Å². The van der Waals surface area contributed by atoms with Gasteiger partial charge in [0.25, 0.3) is 10.0 Å². The van der Waals surface area contributed by atoms with Gasteiger partial charge in [-0.2, -0.15) is 13.2 Å². The fourth-order valence-corrected chi connectivity index (χ4v) is 6.82. The fourth-order valence-electron chi connectivity index (χ4n) is 4.87. The molecule has 0 heterocycles. The van der Waals surface area contributed by atoms with Crippen molar-refractivity contribution >= 4 is 50.7 Å². The first-order chi connectivity index (χ1) is 22.2. The average molecular weight is 707 g/mol. The van der Waals surface area contributed by atoms with E-state index in [0.717, 1.165) is 12.1 Å². The van der Waals surface area contributed by atoms with Crippen LogP contribution in [0, 0.1) is 0 Å². The zero-order chi connectivity index (χ0) is 34.4. The summed E-state index contributed by atoms with van der Waals surface area (Å²) >= 11 is 13.0. The zero-order valence-corrected chi connectivity index (χ0v) is 27.7. The van der Waals surface area contributed by atoms with Gasteiger partial charge >= 0.3 is 6.18 Å². The molecule has 0 aliphatic carbocycles. The highest BCUT2D eigenvalue weighted by Crippen LogP contribution is 2.34. The molecule has 2 amide bonds. The second-order valence-electron chi connectivity index (χ2n) is 11.0. The van der Waals surface area contributed by atoms with Crippen LogP contribution in [0.1, 0.15) is 30.5 Å². The molecule has 13 heteroatoms. The second kappa shape index (κ2) is 15.2. The minimum absolute atomic E-state index is 0.0300. The Labute approximate surface area is 282 Å². The molecule has 0 aromatic heterocycles. The number of amides is 2. The maximum atomic E-state index is 14.5. The van der Waals surface area contributed by atoms with Crippen LogP contribution in [0.15, 0.2) is 108 Å². The third-order valence-electron chi connectivity index (χ3n) is 7.16. The van der Waals surface area contributed by atoms with Gasteiger partial charge in [-0.25, -0.2) is 8.42 Å². The quantitative estimate of drug-likeness (QED) is 0.167. The third kappa shape index (κ3) is 9.06. The van der Waals surface area contributed by atoms with Crippen molar-refractivity contribution in [3.8, 4) is 0 Å². The molecule has 0 fully saturated rings. The van der Waals surface area contributed by atoms with E-state index < -0.39 is 46.2 Å². The van der Waals surface area contributed by atoms with Crippen LogP contribution in [-0.4, -0.2) is 43.8 Å². The van der Waals surface area contributed by atoms with Crippen LogP contribution < -0.4 is 9.62 Å². The van der Waals surface area contributed by atoms with Crippen molar-refractivity contribution in [2.45, 2.75) is 50.0 Å². The summed E-state index contributed by atoms with van der Waals surface area (Å²) in [6.07, 6.45) is -4.76. The van der Waals surface area contributed by atoms with Gasteiger partial charge in [-0.15, -0.1) is 0 Å². The van der Waals surface area contributed by atoms with Crippen LogP contribution in [0.25, 0.3) is 0 Å². The summed E-state index contributed by atoms with van der Waals surface area (Å²) < 4.78 is 69.9. The Morgan fingerprint density at radius 3 is 1.98 bits per heavy atom. The van der Waals surface area contributed by atoms with Crippen LogP contribution in [0.4, 0.5) is 18.9 Å². The van der Waals surface area contributed by atoms with Crippen molar-refractivity contribution in [2.75, 3.05) is 10.8 Å². The highest BCUT2D eigenvalue weighted by molar-refractivity contribution is 7.92. The predicted molar refractivity (Wildman–Crippen MR) is 177 cm³/mol. The van der Waals surface area contributed by atoms with E-state index in [1.54, 1.807) is 68.4 Å². The number of alkyl halides is 3. The molecule has 1 atom stereocenters. The van der Waals surface area contributed by atoms with Crippen molar-refractivity contribution in [1.29, 1.82) is 0 Å². The molecule has 0 radical (unpaired) electrons. The van der Waals surface area contributed by atoms with E-state index in [4.69, 9.17) is 23.2 Å². The Bertz CT molecular complexity index is 1790. The van der Waals surface area contributed by atoms with Crippen LogP contribution in [0.2, 0.25) is 10.0 Å². The summed E-state index contributed by atoms with van der Waals surface area (Å²) in [5.41, 5.74) is -0.491. The molecule has 4 aromatic rings. The molecule has 47 heavy (non-hydrogen) atoms. The molecule has 0 bridgehead atoms. The van der Waals surface area contributed by atoms with Crippen molar-refractivity contribution in [1.82, 2.24) is 10.2 Å². The molecule has 0 saturated heterocycles. The van der Waals surface area contributed by atoms with Crippen molar-refractivity contribution in [3.63, 3.8) is 0 Å². The summed E-state index contributed by atoms with van der Waals surface area (Å²) in [5.74, 6) is -1.41. The van der Waals surface area contributed by atoms with Gasteiger partial charge in [-0.1, -0.05) is 83.9 Å². The minimum Gasteiger partial charge on any atom is -0.352 e. The lowest BCUT2D eigenvalue weighted by atomic mass is 10.0. The molecular weight excluding hydrogens is 674 g/mol. The number of sulfonamides is 1. The number of hydrogen-bond donors (Lipinski definition) is 1. The van der Waals surface area contributed by atoms with E-state index in [1.807, 2.05) is 0 Å². The van der Waals surface area contributed by atoms with Crippen LogP contribution in [0.5, 0.6) is 0 Å². The average Bonchev–Trinajstić information content (AvgIpc) is 3.02. The topological polar surface area (TPSA) is 86.8 Å². The van der Waals surface area contributed by atoms with E-state index >= 15 is 0 Å². The van der Waals surface area contributed by atoms with Crippen LogP contribution in [-0.2, 0) is 38.8 Å². The van der Waals surface area contributed by atoms with Crippen LogP contribution >= 0.6 is 23.2 Å². The number of nitrogens with zero attached hydrogens (tertiary/aromatic N) is 2. The molecule has 248 valence electrons. The summed E-state index contributed by atoms with van der Waals surface area (Å²) in [7, 11) is -4.59. The molecule has 1 N–H and O–H groups in total. The Kier molecular flexibility index (Phi) is 11.6. The number of benzene rings is 4. The van der Waals surface area contributed by atoms with Gasteiger partial charge in [0, 0.05) is 34.6 Å². The first kappa shape index (κ1) is 35.8. The monoisotopic (exact) mass is 705 g/mol. The molecule has 4 rings (SSSR count). The van der Waals surface area contributed by atoms with E-state index in [0.29, 0.717) is 21.5 Å². The minimum atomic E-state index is -4.79. The summed E-state index contributed by atoms with van der Waals surface area (Å²) in [6, 6.07) is 22.8. The lowest BCUT2D eigenvalue weighted by Crippen LogP contribution is -2.54. The van der Waals surface area contributed by atoms with Crippen molar-refractivity contribution in [2.24, 2.45) is 0 Å². The van der Waals surface area contributed by atoms with Gasteiger partial charge in [0.15, 0.2) is 0 Å². The summed E-state index contributed by atoms with van der Waals surface area (Å²) in [5, 5.41) is 3.22. The number of halogens is 5. The molecule has 1 unspecified atom stereocenters. The van der Waals surface area contributed by atoms with Crippen LogP contribution in [0.3, 0.4) is 0 Å². The SMILES string of the molecule is CC(C)NC(=O)C(Cc1ccccc1)N(Cc1c(Cl)cccc1Cl)C(=O)CN(c1cccc(C(F)(F)F)c1)S(=O)(=O)c1ccccc1. The Morgan fingerprint density at radius 1 is 0.830 bits per heavy atom. The molecule has 0 saturated carbocycles. The van der Waals surface area contributed by atoms with E-state index in [-0.39, 0.29) is 39.6 Å². The maximum absolute atomic E-state index is 14.5. The number of anilines is 1. The van der Waals surface area contributed by atoms with E-state index in [2.05, 4.69) is 5.32 Å². The number of carbonyl (C=O) groups excluding carboxylic acids is 2. The lowest BCUT2D eigenvalue weighted by molar-refractivity contribution is -0.140. The first-order valence-corrected chi connectivity index (χ1v) is 16.7. The number of hydrogen-bond acceptors (Lipinski definition) is 4. The van der Waals surface area contributed by atoms with Gasteiger partial charge in [0.1, 0.15) is 12.6 Å². The highest BCUT2D eigenvalue weighted by Gasteiger charge is 2.37. The van der Waals surface area contributed by atoms with Gasteiger partial charge in [0.05, 0.1) is 16.1 Å². The van der Waals surface area contributed by atoms with Gasteiger partial charge < -0.3 is 10.2 Å². The Morgan fingerprint density at radius 2 is 1.40 bits per heavy atom. The molecule has 0 aliphatic rings. The smallest absolute Gasteiger partial charge is 0.352 e. The zero-order valence-electron chi connectivity index (χ0n) is 25.4. The number of carbonyl (C=O) groups is 2. The molecule has 7 nitrogen and oxygen atoms in total. The van der Waals surface area contributed by atoms with Gasteiger partial charge in [0.2, 0.25) is 11.8 Å². The standard InChI is InChI=1S/C34H32Cl2F3N3O4S/c1-23(2)40-33(44)31(19-24-11-5-3-6-12-24)41(21-28-29(35)17-10-18-30(28)36)32(43)22-42(47(45,46)27-15-7-4-8-16-27)26-14-9-13-25(20-26)34(37,38)39/h3-18,20,23,31H,19,21-22H2,1-2H3,(H,40,44). The van der Waals surface area contributed by atoms with Gasteiger partial charge in [-0.05, 0) is 61.9 Å². The maximum Gasteiger partial charge on any atom is 0.416 e. The Balaban J connectivity index is 1.87. The van der Waals surface area contributed by atoms with E-state index in [1.165, 1.54) is 35.2 Å². The lowest BCUT2D eigenvalue weighted by Gasteiger charge is -2.34. The first-order valence-electron chi connectivity index (χ1n) is 14.5. The van der Waals surface area contributed by atoms with Gasteiger partial charge in [-0.3, -0.25) is 13.9 Å². The number of rotatable bonds is 12. The molecule has 0 aliphatic heterocycles. The largest absolute Gasteiger partial charge is 0.416 e. The summed E-state index contributed by atoms with van der Waals surface area (Å²) in [6.45, 7) is 2.25. The molecule has 0 spiro atoms. The highest BCUT2D eigenvalue weighted by atomic mass is 35.5. The summed E-state index contributed by atoms with van der Waals surface area (Å²) in [4.78, 5) is 29.2. The fraction of sp³-hybridized carbons (Fsp3) is 0.235. The molecular formula is C34H32Cl2F3N3O4S. The molecule has 4 aromatic carbocycles.